The largest absolute Gasteiger partial charge is 0.310 e. The summed E-state index contributed by atoms with van der Waals surface area (Å²) in [4.78, 5) is 8.82. The summed E-state index contributed by atoms with van der Waals surface area (Å²) < 4.78 is 1.95. The van der Waals surface area contributed by atoms with Crippen LogP contribution in [0.2, 0.25) is 0 Å². The van der Waals surface area contributed by atoms with E-state index >= 15 is 0 Å². The van der Waals surface area contributed by atoms with E-state index in [4.69, 9.17) is 0 Å². The monoisotopic (exact) mass is 273 g/mol. The van der Waals surface area contributed by atoms with E-state index in [0.29, 0.717) is 0 Å². The van der Waals surface area contributed by atoms with Gasteiger partial charge in [0.25, 0.3) is 0 Å². The summed E-state index contributed by atoms with van der Waals surface area (Å²) >= 11 is 0. The molecule has 20 heavy (non-hydrogen) atoms. The molecule has 0 bridgehead atoms. The molecule has 1 N–H and O–H groups in total. The van der Waals surface area contributed by atoms with Crippen molar-refractivity contribution in [3.05, 3.63) is 41.2 Å². The zero-order chi connectivity index (χ0) is 14.5. The van der Waals surface area contributed by atoms with Crippen LogP contribution in [0.1, 0.15) is 42.7 Å². The average Bonchev–Trinajstić information content (AvgIpc) is 2.84. The third-order valence-electron chi connectivity index (χ3n) is 3.34. The molecule has 0 aliphatic rings. The van der Waals surface area contributed by atoms with Crippen molar-refractivity contribution in [3.8, 4) is 0 Å². The molecule has 108 valence electrons. The number of pyridine rings is 1. The highest BCUT2D eigenvalue weighted by Crippen LogP contribution is 2.19. The van der Waals surface area contributed by atoms with E-state index in [2.05, 4.69) is 46.4 Å². The Morgan fingerprint density at radius 1 is 1.20 bits per heavy atom. The molecular formula is C15H23N5. The van der Waals surface area contributed by atoms with Crippen molar-refractivity contribution in [2.45, 2.75) is 46.7 Å². The smallest absolute Gasteiger partial charge is 0.138 e. The first kappa shape index (κ1) is 14.7. The van der Waals surface area contributed by atoms with E-state index in [1.807, 2.05) is 18.5 Å². The van der Waals surface area contributed by atoms with Crippen LogP contribution in [0.3, 0.4) is 0 Å². The quantitative estimate of drug-likeness (QED) is 0.876. The first-order chi connectivity index (χ1) is 9.63. The van der Waals surface area contributed by atoms with Crippen molar-refractivity contribution < 1.29 is 0 Å². The van der Waals surface area contributed by atoms with Gasteiger partial charge in [-0.05, 0) is 45.0 Å². The van der Waals surface area contributed by atoms with Gasteiger partial charge in [0.15, 0.2) is 0 Å². The first-order valence-electron chi connectivity index (χ1n) is 7.19. The van der Waals surface area contributed by atoms with Crippen LogP contribution in [0.15, 0.2) is 18.5 Å². The summed E-state index contributed by atoms with van der Waals surface area (Å²) in [5.41, 5.74) is 3.38. The number of likely N-dealkylation sites (N-methyl/N-ethyl adjacent to an activating group) is 1. The second-order valence-electron chi connectivity index (χ2n) is 4.99. The summed E-state index contributed by atoms with van der Waals surface area (Å²) in [6.45, 7) is 10.1. The van der Waals surface area contributed by atoms with E-state index in [9.17, 15) is 0 Å². The molecule has 2 aromatic rings. The van der Waals surface area contributed by atoms with E-state index in [1.54, 1.807) is 6.33 Å². The Labute approximate surface area is 120 Å². The Kier molecular flexibility index (Phi) is 4.84. The molecular weight excluding hydrogens is 250 g/mol. The van der Waals surface area contributed by atoms with Crippen molar-refractivity contribution >= 4 is 0 Å². The van der Waals surface area contributed by atoms with Gasteiger partial charge >= 0.3 is 0 Å². The van der Waals surface area contributed by atoms with Crippen molar-refractivity contribution in [2.75, 3.05) is 6.54 Å². The molecule has 0 amide bonds. The second-order valence-corrected chi connectivity index (χ2v) is 4.99. The molecule has 2 aromatic heterocycles. The number of hydrogen-bond donors (Lipinski definition) is 1. The molecule has 0 aliphatic heterocycles. The lowest BCUT2D eigenvalue weighted by Gasteiger charge is -2.19. The number of hydrogen-bond acceptors (Lipinski definition) is 4. The molecule has 0 saturated carbocycles. The van der Waals surface area contributed by atoms with E-state index in [0.717, 1.165) is 36.7 Å². The first-order valence-corrected chi connectivity index (χ1v) is 7.19. The molecule has 5 heteroatoms. The average molecular weight is 273 g/mol. The predicted octanol–water partition coefficient (Wildman–Crippen LogP) is 2.20. The van der Waals surface area contributed by atoms with Gasteiger partial charge in [-0.25, -0.2) is 4.98 Å². The third-order valence-corrected chi connectivity index (χ3v) is 3.34. The molecule has 0 saturated heterocycles. The molecule has 1 atom stereocenters. The van der Waals surface area contributed by atoms with E-state index in [-0.39, 0.29) is 6.04 Å². The lowest BCUT2D eigenvalue weighted by atomic mass is 10.0. The highest BCUT2D eigenvalue weighted by molar-refractivity contribution is 5.24. The van der Waals surface area contributed by atoms with Gasteiger partial charge in [0.2, 0.25) is 0 Å². The minimum Gasteiger partial charge on any atom is -0.310 e. The van der Waals surface area contributed by atoms with Gasteiger partial charge in [-0.1, -0.05) is 6.92 Å². The fourth-order valence-corrected chi connectivity index (χ4v) is 2.52. The van der Waals surface area contributed by atoms with Crippen molar-refractivity contribution in [3.63, 3.8) is 0 Å². The maximum atomic E-state index is 4.45. The van der Waals surface area contributed by atoms with E-state index < -0.39 is 0 Å². The minimum atomic E-state index is 0.245. The van der Waals surface area contributed by atoms with Gasteiger partial charge in [0, 0.05) is 30.4 Å². The van der Waals surface area contributed by atoms with Gasteiger partial charge in [-0.3, -0.25) is 9.67 Å². The maximum Gasteiger partial charge on any atom is 0.138 e. The minimum absolute atomic E-state index is 0.245. The van der Waals surface area contributed by atoms with Crippen LogP contribution >= 0.6 is 0 Å². The fraction of sp³-hybridized carbons (Fsp3) is 0.533. The third kappa shape index (κ3) is 3.42. The summed E-state index contributed by atoms with van der Waals surface area (Å²) in [5, 5.41) is 7.78. The molecule has 0 spiro atoms. The molecule has 2 rings (SSSR count). The standard InChI is InChI=1S/C15H23N5/c1-5-16-14(9-15-17-10-18-20(15)6-2)13-7-11(3)19-12(4)8-13/h7-8,10,14,16H,5-6,9H2,1-4H3. The lowest BCUT2D eigenvalue weighted by molar-refractivity contribution is 0.508. The zero-order valence-corrected chi connectivity index (χ0v) is 12.7. The number of rotatable bonds is 6. The van der Waals surface area contributed by atoms with Crippen molar-refractivity contribution in [1.82, 2.24) is 25.1 Å². The second kappa shape index (κ2) is 6.61. The van der Waals surface area contributed by atoms with Crippen molar-refractivity contribution in [2.24, 2.45) is 0 Å². The summed E-state index contributed by atoms with van der Waals surface area (Å²) in [6.07, 6.45) is 2.47. The van der Waals surface area contributed by atoms with Crippen LogP contribution in [0, 0.1) is 13.8 Å². The SMILES string of the molecule is CCNC(Cc1ncnn1CC)c1cc(C)nc(C)c1. The van der Waals surface area contributed by atoms with Gasteiger partial charge in [-0.15, -0.1) is 0 Å². The van der Waals surface area contributed by atoms with Crippen LogP contribution in [0.5, 0.6) is 0 Å². The molecule has 0 aromatic carbocycles. The fourth-order valence-electron chi connectivity index (χ4n) is 2.52. The molecule has 0 aliphatic carbocycles. The Balaban J connectivity index is 2.26. The highest BCUT2D eigenvalue weighted by atomic mass is 15.3. The molecule has 1 unspecified atom stereocenters. The van der Waals surface area contributed by atoms with Crippen molar-refractivity contribution in [1.29, 1.82) is 0 Å². The zero-order valence-electron chi connectivity index (χ0n) is 12.7. The molecule has 0 radical (unpaired) electrons. The Morgan fingerprint density at radius 3 is 2.50 bits per heavy atom. The summed E-state index contributed by atoms with van der Waals surface area (Å²) in [7, 11) is 0. The molecule has 5 nitrogen and oxygen atoms in total. The van der Waals surface area contributed by atoms with Gasteiger partial charge in [0.1, 0.15) is 12.2 Å². The highest BCUT2D eigenvalue weighted by Gasteiger charge is 2.15. The molecule has 0 fully saturated rings. The summed E-state index contributed by atoms with van der Waals surface area (Å²) in [5.74, 6) is 1.02. The molecule has 2 heterocycles. The topological polar surface area (TPSA) is 55.6 Å². The summed E-state index contributed by atoms with van der Waals surface area (Å²) in [6, 6.07) is 4.54. The maximum absolute atomic E-state index is 4.45. The van der Waals surface area contributed by atoms with Crippen LogP contribution in [0.4, 0.5) is 0 Å². The Bertz CT molecular complexity index is 541. The number of aryl methyl sites for hydroxylation is 3. The lowest BCUT2D eigenvalue weighted by Crippen LogP contribution is -2.25. The van der Waals surface area contributed by atoms with Gasteiger partial charge < -0.3 is 5.32 Å². The van der Waals surface area contributed by atoms with Crippen LogP contribution in [0.25, 0.3) is 0 Å². The van der Waals surface area contributed by atoms with Crippen LogP contribution in [-0.2, 0) is 13.0 Å². The van der Waals surface area contributed by atoms with Gasteiger partial charge in [0.05, 0.1) is 0 Å². The predicted molar refractivity (Wildman–Crippen MR) is 79.5 cm³/mol. The number of nitrogens with one attached hydrogen (secondary N) is 1. The number of nitrogens with zero attached hydrogens (tertiary/aromatic N) is 4. The Hall–Kier alpha value is -1.75. The van der Waals surface area contributed by atoms with Crippen LogP contribution in [-0.4, -0.2) is 26.3 Å². The van der Waals surface area contributed by atoms with Gasteiger partial charge in [-0.2, -0.15) is 5.10 Å². The van der Waals surface area contributed by atoms with Crippen LogP contribution < -0.4 is 5.32 Å². The Morgan fingerprint density at radius 2 is 1.90 bits per heavy atom. The normalized spacial score (nSPS) is 12.6. The van der Waals surface area contributed by atoms with E-state index in [1.165, 1.54) is 5.56 Å². The number of aromatic nitrogens is 4.